The molecule has 0 aromatic carbocycles. The molecule has 2 aromatic heterocycles. The van der Waals surface area contributed by atoms with Crippen molar-refractivity contribution >= 4 is 17.5 Å². The van der Waals surface area contributed by atoms with Crippen molar-refractivity contribution in [3.63, 3.8) is 0 Å². The molecule has 13 heteroatoms. The number of halogens is 4. The fraction of sp³-hybridized carbons (Fsp3) is 0.545. The van der Waals surface area contributed by atoms with E-state index in [2.05, 4.69) is 20.3 Å². The number of amides is 1. The van der Waals surface area contributed by atoms with E-state index >= 15 is 4.39 Å². The molecule has 1 amide bonds. The first-order valence-corrected chi connectivity index (χ1v) is 11.3. The standard InChI is InChI=1S/C22H27F4N7O2/c23-19-20(29-8-14-5-6-32(10-16(14)34)11-18(27)35)30-12-31-21(19)33(15-2-3-15)9-13-1-4-17(28-7-13)22(24,25)26/h1,4,7,12,14-16,34H,2-3,5-6,8-11H2,(H2,27,35)(H,29,30,31)/t14?,16-/m1/s1. The molecular formula is C22H27F4N7O2. The van der Waals surface area contributed by atoms with Gasteiger partial charge in [0, 0.05) is 37.8 Å². The van der Waals surface area contributed by atoms with Gasteiger partial charge in [0.15, 0.2) is 11.6 Å². The summed E-state index contributed by atoms with van der Waals surface area (Å²) in [5.41, 5.74) is 4.73. The highest BCUT2D eigenvalue weighted by Gasteiger charge is 2.35. The van der Waals surface area contributed by atoms with Gasteiger partial charge in [-0.3, -0.25) is 14.7 Å². The number of likely N-dealkylation sites (tertiary alicyclic amines) is 1. The van der Waals surface area contributed by atoms with Gasteiger partial charge in [-0.25, -0.2) is 9.97 Å². The lowest BCUT2D eigenvalue weighted by molar-refractivity contribution is -0.141. The number of primary amides is 1. The summed E-state index contributed by atoms with van der Waals surface area (Å²) < 4.78 is 53.8. The number of aliphatic hydroxyl groups is 1. The van der Waals surface area contributed by atoms with Crippen LogP contribution in [-0.4, -0.2) is 69.2 Å². The minimum atomic E-state index is -4.53. The molecule has 4 rings (SSSR count). The zero-order chi connectivity index (χ0) is 25.2. The number of hydrogen-bond donors (Lipinski definition) is 3. The van der Waals surface area contributed by atoms with Gasteiger partial charge in [0.05, 0.1) is 12.6 Å². The van der Waals surface area contributed by atoms with E-state index in [-0.39, 0.29) is 43.2 Å². The predicted molar refractivity (Wildman–Crippen MR) is 119 cm³/mol. The summed E-state index contributed by atoms with van der Waals surface area (Å²) in [5, 5.41) is 13.4. The van der Waals surface area contributed by atoms with Crippen molar-refractivity contribution < 1.29 is 27.5 Å². The SMILES string of the molecule is NC(=O)CN1CCC(CNc2ncnc(N(Cc3ccc(C(F)(F)F)nc3)C3CC3)c2F)[C@H](O)C1. The molecule has 1 saturated carbocycles. The highest BCUT2D eigenvalue weighted by atomic mass is 19.4. The van der Waals surface area contributed by atoms with Crippen LogP contribution in [0.4, 0.5) is 29.2 Å². The first-order valence-electron chi connectivity index (χ1n) is 11.3. The molecule has 2 aromatic rings. The molecule has 2 fully saturated rings. The van der Waals surface area contributed by atoms with Gasteiger partial charge < -0.3 is 21.1 Å². The van der Waals surface area contributed by atoms with Crippen molar-refractivity contribution in [3.8, 4) is 0 Å². The Morgan fingerprint density at radius 1 is 1.23 bits per heavy atom. The Morgan fingerprint density at radius 2 is 2.00 bits per heavy atom. The van der Waals surface area contributed by atoms with Gasteiger partial charge >= 0.3 is 6.18 Å². The van der Waals surface area contributed by atoms with Gasteiger partial charge in [-0.2, -0.15) is 17.6 Å². The van der Waals surface area contributed by atoms with Crippen molar-refractivity contribution in [1.82, 2.24) is 19.9 Å². The number of rotatable bonds is 9. The number of aliphatic hydroxyl groups excluding tert-OH is 1. The van der Waals surface area contributed by atoms with E-state index < -0.39 is 29.7 Å². The van der Waals surface area contributed by atoms with Crippen LogP contribution in [0.3, 0.4) is 0 Å². The first-order chi connectivity index (χ1) is 16.6. The predicted octanol–water partition coefficient (Wildman–Crippen LogP) is 1.78. The summed E-state index contributed by atoms with van der Waals surface area (Å²) in [6.45, 7) is 1.38. The normalized spacial score (nSPS) is 21.1. The Hall–Kier alpha value is -3.06. The highest BCUT2D eigenvalue weighted by molar-refractivity contribution is 5.75. The second kappa shape index (κ2) is 10.3. The zero-order valence-corrected chi connectivity index (χ0v) is 18.9. The largest absolute Gasteiger partial charge is 0.433 e. The molecule has 3 heterocycles. The summed E-state index contributed by atoms with van der Waals surface area (Å²) in [6, 6.07) is 2.25. The van der Waals surface area contributed by atoms with Gasteiger partial charge in [0.1, 0.15) is 12.0 Å². The molecule has 190 valence electrons. The fourth-order valence-electron chi connectivity index (χ4n) is 4.21. The number of anilines is 2. The lowest BCUT2D eigenvalue weighted by Gasteiger charge is -2.35. The van der Waals surface area contributed by atoms with E-state index in [0.717, 1.165) is 25.1 Å². The summed E-state index contributed by atoms with van der Waals surface area (Å²) >= 11 is 0. The average molecular weight is 497 g/mol. The minimum Gasteiger partial charge on any atom is -0.391 e. The van der Waals surface area contributed by atoms with Crippen LogP contribution in [0.5, 0.6) is 0 Å². The second-order valence-electron chi connectivity index (χ2n) is 8.97. The number of hydrogen-bond acceptors (Lipinski definition) is 8. The minimum absolute atomic E-state index is 0.0158. The van der Waals surface area contributed by atoms with Crippen LogP contribution in [0.1, 0.15) is 30.5 Å². The molecule has 35 heavy (non-hydrogen) atoms. The fourth-order valence-corrected chi connectivity index (χ4v) is 4.21. The summed E-state index contributed by atoms with van der Waals surface area (Å²) in [6.07, 6.45) is -0.645. The molecule has 1 aliphatic carbocycles. The molecule has 2 aliphatic rings. The average Bonchev–Trinajstić information content (AvgIpc) is 3.63. The lowest BCUT2D eigenvalue weighted by Crippen LogP contribution is -2.48. The molecule has 2 atom stereocenters. The van der Waals surface area contributed by atoms with Crippen LogP contribution in [0, 0.1) is 11.7 Å². The zero-order valence-electron chi connectivity index (χ0n) is 18.9. The molecule has 0 bridgehead atoms. The van der Waals surface area contributed by atoms with Crippen molar-refractivity contribution in [2.75, 3.05) is 36.4 Å². The highest BCUT2D eigenvalue weighted by Crippen LogP contribution is 2.35. The van der Waals surface area contributed by atoms with E-state index in [9.17, 15) is 23.1 Å². The summed E-state index contributed by atoms with van der Waals surface area (Å²) in [5.74, 6) is -1.26. The van der Waals surface area contributed by atoms with Crippen LogP contribution in [0.2, 0.25) is 0 Å². The third kappa shape index (κ3) is 6.34. The number of pyridine rings is 1. The number of β-amino-alcohol motifs (C(OH)–C–C–N with tert-alkyl or cyclic N) is 1. The number of piperidine rings is 1. The Bertz CT molecular complexity index is 1030. The topological polar surface area (TPSA) is 120 Å². The molecule has 1 unspecified atom stereocenters. The number of nitrogens with one attached hydrogen (secondary N) is 1. The maximum absolute atomic E-state index is 15.4. The molecule has 0 radical (unpaired) electrons. The first kappa shape index (κ1) is 25.0. The van der Waals surface area contributed by atoms with Crippen molar-refractivity contribution in [1.29, 1.82) is 0 Å². The van der Waals surface area contributed by atoms with Crippen LogP contribution in [0.15, 0.2) is 24.7 Å². The van der Waals surface area contributed by atoms with E-state index in [1.54, 1.807) is 9.80 Å². The Kier molecular flexibility index (Phi) is 7.36. The van der Waals surface area contributed by atoms with E-state index in [1.165, 1.54) is 12.4 Å². The van der Waals surface area contributed by atoms with Gasteiger partial charge in [0.2, 0.25) is 11.7 Å². The van der Waals surface area contributed by atoms with E-state index in [0.29, 0.717) is 25.1 Å². The van der Waals surface area contributed by atoms with Gasteiger partial charge in [0.25, 0.3) is 0 Å². The number of aromatic nitrogens is 3. The number of nitrogens with two attached hydrogens (primary N) is 1. The van der Waals surface area contributed by atoms with E-state index in [4.69, 9.17) is 5.73 Å². The number of carbonyl (C=O) groups excluding carboxylic acids is 1. The third-order valence-corrected chi connectivity index (χ3v) is 6.22. The Balaban J connectivity index is 1.42. The maximum Gasteiger partial charge on any atom is 0.433 e. The molecule has 4 N–H and O–H groups in total. The van der Waals surface area contributed by atoms with Crippen LogP contribution >= 0.6 is 0 Å². The van der Waals surface area contributed by atoms with Crippen molar-refractivity contribution in [2.45, 2.75) is 44.1 Å². The van der Waals surface area contributed by atoms with E-state index in [1.807, 2.05) is 0 Å². The van der Waals surface area contributed by atoms with Crippen LogP contribution < -0.4 is 16.0 Å². The third-order valence-electron chi connectivity index (χ3n) is 6.22. The summed E-state index contributed by atoms with van der Waals surface area (Å²) in [4.78, 5) is 26.2. The molecular weight excluding hydrogens is 470 g/mol. The smallest absolute Gasteiger partial charge is 0.391 e. The molecule has 0 spiro atoms. The number of nitrogens with zero attached hydrogens (tertiary/aromatic N) is 5. The summed E-state index contributed by atoms with van der Waals surface area (Å²) in [7, 11) is 0. The Labute approximate surface area is 199 Å². The van der Waals surface area contributed by atoms with Crippen LogP contribution in [-0.2, 0) is 17.5 Å². The molecule has 1 saturated heterocycles. The molecule has 1 aliphatic heterocycles. The second-order valence-corrected chi connectivity index (χ2v) is 8.97. The van der Waals surface area contributed by atoms with Crippen LogP contribution in [0.25, 0.3) is 0 Å². The van der Waals surface area contributed by atoms with Gasteiger partial charge in [-0.05, 0) is 37.4 Å². The van der Waals surface area contributed by atoms with Gasteiger partial charge in [-0.1, -0.05) is 6.07 Å². The van der Waals surface area contributed by atoms with Crippen molar-refractivity contribution in [2.24, 2.45) is 11.7 Å². The van der Waals surface area contributed by atoms with Crippen molar-refractivity contribution in [3.05, 3.63) is 41.7 Å². The maximum atomic E-state index is 15.4. The lowest BCUT2D eigenvalue weighted by atomic mass is 9.93. The monoisotopic (exact) mass is 497 g/mol. The quantitative estimate of drug-likeness (QED) is 0.449. The molecule has 9 nitrogen and oxygen atoms in total. The number of alkyl halides is 3. The van der Waals surface area contributed by atoms with Gasteiger partial charge in [-0.15, -0.1) is 0 Å². The Morgan fingerprint density at radius 3 is 2.60 bits per heavy atom. The number of carbonyl (C=O) groups is 1.